The lowest BCUT2D eigenvalue weighted by Crippen LogP contribution is -2.33. The van der Waals surface area contributed by atoms with Crippen LogP contribution in [0, 0.1) is 10.1 Å². The number of nitro benzene ring substituents is 1. The number of nitrogens with zero attached hydrogens (tertiary/aromatic N) is 2. The number of anilines is 1. The minimum atomic E-state index is -0.425. The summed E-state index contributed by atoms with van der Waals surface area (Å²) >= 11 is 0. The Hall–Kier alpha value is -2.89. The molecule has 0 bridgehead atoms. The van der Waals surface area contributed by atoms with Crippen molar-refractivity contribution in [1.29, 1.82) is 0 Å². The van der Waals surface area contributed by atoms with Crippen molar-refractivity contribution in [3.63, 3.8) is 0 Å². The summed E-state index contributed by atoms with van der Waals surface area (Å²) in [4.78, 5) is 24.8. The topological polar surface area (TPSA) is 75.5 Å². The molecule has 0 unspecified atom stereocenters. The van der Waals surface area contributed by atoms with Gasteiger partial charge in [-0.3, -0.25) is 14.9 Å². The SMILES string of the molecule is CCCCN1C(=O)c2ccccc2[C@H]1Nc1ccc([N+](=O)[O-])cc1. The summed E-state index contributed by atoms with van der Waals surface area (Å²) < 4.78 is 0. The number of unbranched alkanes of at least 4 members (excludes halogenated alkanes) is 1. The fourth-order valence-electron chi connectivity index (χ4n) is 2.92. The summed E-state index contributed by atoms with van der Waals surface area (Å²) in [6.45, 7) is 2.76. The molecule has 6 nitrogen and oxygen atoms in total. The highest BCUT2D eigenvalue weighted by atomic mass is 16.6. The van der Waals surface area contributed by atoms with Gasteiger partial charge in [-0.25, -0.2) is 0 Å². The van der Waals surface area contributed by atoms with Crippen LogP contribution >= 0.6 is 0 Å². The second-order valence-electron chi connectivity index (χ2n) is 5.79. The zero-order valence-electron chi connectivity index (χ0n) is 13.4. The standard InChI is InChI=1S/C18H19N3O3/c1-2-3-12-20-17(15-6-4-5-7-16(15)18(20)22)19-13-8-10-14(11-9-13)21(23)24/h4-11,17,19H,2-3,12H2,1H3/t17-/m0/s1. The van der Waals surface area contributed by atoms with Gasteiger partial charge in [0.05, 0.1) is 4.92 Å². The minimum Gasteiger partial charge on any atom is -0.361 e. The predicted molar refractivity (Wildman–Crippen MR) is 91.8 cm³/mol. The summed E-state index contributed by atoms with van der Waals surface area (Å²) in [6, 6.07) is 13.8. The minimum absolute atomic E-state index is 0.0264. The zero-order valence-corrected chi connectivity index (χ0v) is 13.4. The van der Waals surface area contributed by atoms with Crippen LogP contribution < -0.4 is 5.32 Å². The Morgan fingerprint density at radius 1 is 1.17 bits per heavy atom. The van der Waals surface area contributed by atoms with Crippen molar-refractivity contribution < 1.29 is 9.72 Å². The average molecular weight is 325 g/mol. The second-order valence-corrected chi connectivity index (χ2v) is 5.79. The maximum Gasteiger partial charge on any atom is 0.269 e. The number of non-ortho nitro benzene ring substituents is 1. The molecule has 24 heavy (non-hydrogen) atoms. The van der Waals surface area contributed by atoms with Crippen molar-refractivity contribution in [3.05, 3.63) is 69.8 Å². The lowest BCUT2D eigenvalue weighted by Gasteiger charge is -2.27. The van der Waals surface area contributed by atoms with Gasteiger partial charge in [0.2, 0.25) is 0 Å². The number of carbonyl (C=O) groups is 1. The first-order valence-corrected chi connectivity index (χ1v) is 8.02. The maximum absolute atomic E-state index is 12.6. The highest BCUT2D eigenvalue weighted by molar-refractivity contribution is 5.99. The molecule has 0 aliphatic carbocycles. The largest absolute Gasteiger partial charge is 0.361 e. The molecule has 2 aromatic carbocycles. The smallest absolute Gasteiger partial charge is 0.269 e. The van der Waals surface area contributed by atoms with E-state index in [1.165, 1.54) is 12.1 Å². The normalized spacial score (nSPS) is 16.1. The first kappa shape index (κ1) is 16.0. The highest BCUT2D eigenvalue weighted by Gasteiger charge is 2.35. The molecule has 2 aromatic rings. The number of fused-ring (bicyclic) bond motifs is 1. The lowest BCUT2D eigenvalue weighted by atomic mass is 10.1. The summed E-state index contributed by atoms with van der Waals surface area (Å²) in [5, 5.41) is 14.1. The van der Waals surface area contributed by atoms with Crippen molar-refractivity contribution in [2.75, 3.05) is 11.9 Å². The van der Waals surface area contributed by atoms with E-state index >= 15 is 0 Å². The van der Waals surface area contributed by atoms with E-state index in [1.807, 2.05) is 29.2 Å². The number of hydrogen-bond acceptors (Lipinski definition) is 4. The number of benzene rings is 2. The van der Waals surface area contributed by atoms with E-state index in [4.69, 9.17) is 0 Å². The van der Waals surface area contributed by atoms with Crippen LogP contribution in [-0.2, 0) is 0 Å². The number of nitrogens with one attached hydrogen (secondary N) is 1. The molecule has 0 saturated heterocycles. The number of amides is 1. The fourth-order valence-corrected chi connectivity index (χ4v) is 2.92. The van der Waals surface area contributed by atoms with Crippen molar-refractivity contribution in [3.8, 4) is 0 Å². The van der Waals surface area contributed by atoms with E-state index in [9.17, 15) is 14.9 Å². The lowest BCUT2D eigenvalue weighted by molar-refractivity contribution is -0.384. The van der Waals surface area contributed by atoms with Crippen molar-refractivity contribution in [1.82, 2.24) is 4.90 Å². The van der Waals surface area contributed by atoms with Gasteiger partial charge in [-0.1, -0.05) is 31.5 Å². The predicted octanol–water partition coefficient (Wildman–Crippen LogP) is 3.96. The monoisotopic (exact) mass is 325 g/mol. The average Bonchev–Trinajstić information content (AvgIpc) is 2.86. The Labute approximate surface area is 140 Å². The van der Waals surface area contributed by atoms with E-state index in [1.54, 1.807) is 12.1 Å². The molecule has 0 saturated carbocycles. The maximum atomic E-state index is 12.6. The van der Waals surface area contributed by atoms with Crippen LogP contribution in [0.25, 0.3) is 0 Å². The van der Waals surface area contributed by atoms with E-state index in [2.05, 4.69) is 12.2 Å². The van der Waals surface area contributed by atoms with Crippen molar-refractivity contribution in [2.45, 2.75) is 25.9 Å². The molecule has 0 spiro atoms. The molecule has 1 heterocycles. The first-order valence-electron chi connectivity index (χ1n) is 8.02. The van der Waals surface area contributed by atoms with Gasteiger partial charge in [0.1, 0.15) is 6.17 Å². The molecule has 1 aliphatic heterocycles. The van der Waals surface area contributed by atoms with Gasteiger partial charge < -0.3 is 10.2 Å². The van der Waals surface area contributed by atoms with Gasteiger partial charge in [-0.05, 0) is 24.6 Å². The summed E-state index contributed by atoms with van der Waals surface area (Å²) in [7, 11) is 0. The molecule has 1 atom stereocenters. The molecule has 1 aliphatic rings. The van der Waals surface area contributed by atoms with Gasteiger partial charge in [0.25, 0.3) is 11.6 Å². The number of hydrogen-bond donors (Lipinski definition) is 1. The van der Waals surface area contributed by atoms with Crippen LogP contribution in [0.5, 0.6) is 0 Å². The molecule has 1 amide bonds. The highest BCUT2D eigenvalue weighted by Crippen LogP contribution is 2.34. The number of rotatable bonds is 6. The van der Waals surface area contributed by atoms with Crippen molar-refractivity contribution in [2.24, 2.45) is 0 Å². The Morgan fingerprint density at radius 3 is 2.54 bits per heavy atom. The number of nitro groups is 1. The quantitative estimate of drug-likeness (QED) is 0.644. The van der Waals surface area contributed by atoms with Crippen LogP contribution in [0.4, 0.5) is 11.4 Å². The van der Waals surface area contributed by atoms with Crippen LogP contribution in [0.2, 0.25) is 0 Å². The first-order chi connectivity index (χ1) is 11.6. The molecule has 0 fully saturated rings. The third-order valence-electron chi connectivity index (χ3n) is 4.19. The molecule has 0 radical (unpaired) electrons. The van der Waals surface area contributed by atoms with Crippen LogP contribution in [0.3, 0.4) is 0 Å². The molecule has 6 heteroatoms. The van der Waals surface area contributed by atoms with E-state index in [0.717, 1.165) is 24.1 Å². The Bertz CT molecular complexity index is 758. The Balaban J connectivity index is 1.88. The summed E-state index contributed by atoms with van der Waals surface area (Å²) in [5.74, 6) is 0.0264. The fraction of sp³-hybridized carbons (Fsp3) is 0.278. The van der Waals surface area contributed by atoms with Gasteiger partial charge in [0, 0.05) is 35.5 Å². The molecule has 3 rings (SSSR count). The molecular formula is C18H19N3O3. The molecular weight excluding hydrogens is 306 g/mol. The van der Waals surface area contributed by atoms with Gasteiger partial charge in [-0.15, -0.1) is 0 Å². The summed E-state index contributed by atoms with van der Waals surface area (Å²) in [5.41, 5.74) is 2.45. The van der Waals surface area contributed by atoms with Gasteiger partial charge >= 0.3 is 0 Å². The molecule has 1 N–H and O–H groups in total. The van der Waals surface area contributed by atoms with Crippen LogP contribution in [0.15, 0.2) is 48.5 Å². The van der Waals surface area contributed by atoms with E-state index < -0.39 is 4.92 Å². The summed E-state index contributed by atoms with van der Waals surface area (Å²) in [6.07, 6.45) is 1.68. The van der Waals surface area contributed by atoms with E-state index in [-0.39, 0.29) is 17.8 Å². The zero-order chi connectivity index (χ0) is 17.1. The van der Waals surface area contributed by atoms with Crippen LogP contribution in [-0.4, -0.2) is 22.3 Å². The number of carbonyl (C=O) groups excluding carboxylic acids is 1. The molecule has 124 valence electrons. The molecule has 0 aromatic heterocycles. The Morgan fingerprint density at radius 2 is 1.88 bits per heavy atom. The van der Waals surface area contributed by atoms with Gasteiger partial charge in [0.15, 0.2) is 0 Å². The second kappa shape index (κ2) is 6.70. The van der Waals surface area contributed by atoms with Gasteiger partial charge in [-0.2, -0.15) is 0 Å². The van der Waals surface area contributed by atoms with Crippen LogP contribution in [0.1, 0.15) is 41.9 Å². The third-order valence-corrected chi connectivity index (χ3v) is 4.19. The Kier molecular flexibility index (Phi) is 4.46. The van der Waals surface area contributed by atoms with E-state index in [0.29, 0.717) is 12.1 Å². The third kappa shape index (κ3) is 2.95. The van der Waals surface area contributed by atoms with Crippen molar-refractivity contribution >= 4 is 17.3 Å².